The predicted molar refractivity (Wildman–Crippen MR) is 120 cm³/mol. The first-order valence-electron chi connectivity index (χ1n) is 8.28. The van der Waals surface area contributed by atoms with Gasteiger partial charge < -0.3 is 20.1 Å². The number of aryl methyl sites for hydroxylation is 2. The molecule has 0 aliphatic heterocycles. The Labute approximate surface area is 176 Å². The second-order valence-corrected chi connectivity index (χ2v) is 6.70. The number of halogens is 1. The molecule has 2 rings (SSSR count). The number of aromatic nitrogens is 1. The Bertz CT molecular complexity index is 734. The van der Waals surface area contributed by atoms with Crippen LogP contribution in [0.5, 0.6) is 11.5 Å². The van der Waals surface area contributed by atoms with Gasteiger partial charge in [-0.1, -0.05) is 0 Å². The number of rotatable bonds is 7. The van der Waals surface area contributed by atoms with Crippen LogP contribution in [0.15, 0.2) is 23.2 Å². The molecule has 1 aromatic carbocycles. The topological polar surface area (TPSA) is 67.8 Å². The van der Waals surface area contributed by atoms with Gasteiger partial charge in [0.2, 0.25) is 0 Å². The summed E-state index contributed by atoms with van der Waals surface area (Å²) in [5.41, 5.74) is 2.01. The van der Waals surface area contributed by atoms with Gasteiger partial charge in [-0.25, -0.2) is 4.98 Å². The summed E-state index contributed by atoms with van der Waals surface area (Å²) in [6.07, 6.45) is 0.921. The molecule has 26 heavy (non-hydrogen) atoms. The minimum atomic E-state index is 0. The fraction of sp³-hybridized carbons (Fsp3) is 0.444. The highest BCUT2D eigenvalue weighted by atomic mass is 127. The van der Waals surface area contributed by atoms with E-state index in [1.54, 1.807) is 25.5 Å². The summed E-state index contributed by atoms with van der Waals surface area (Å²) in [4.78, 5) is 10.0. The standard InChI is InChI=1S/C18H26N4O2S.HI/c1-6-24-16-11-14(7-8-15(16)23-5)22-18(19-4)20-10-9-17-12(2)21-13(3)25-17;/h7-8,11H,6,9-10H2,1-5H3,(H2,19,20,22);1H. The minimum Gasteiger partial charge on any atom is -0.493 e. The monoisotopic (exact) mass is 490 g/mol. The number of hydrogen-bond acceptors (Lipinski definition) is 5. The van der Waals surface area contributed by atoms with E-state index < -0.39 is 0 Å². The quantitative estimate of drug-likeness (QED) is 0.349. The molecule has 144 valence electrons. The van der Waals surface area contributed by atoms with Crippen molar-refractivity contribution in [1.82, 2.24) is 10.3 Å². The highest BCUT2D eigenvalue weighted by Gasteiger charge is 2.08. The molecular formula is C18H27IN4O2S. The number of aliphatic imine (C=N–C) groups is 1. The summed E-state index contributed by atoms with van der Waals surface area (Å²) >= 11 is 1.75. The maximum Gasteiger partial charge on any atom is 0.195 e. The Morgan fingerprint density at radius 1 is 1.27 bits per heavy atom. The maximum absolute atomic E-state index is 5.61. The highest BCUT2D eigenvalue weighted by Crippen LogP contribution is 2.30. The van der Waals surface area contributed by atoms with Crippen molar-refractivity contribution in [3.05, 3.63) is 33.8 Å². The van der Waals surface area contributed by atoms with Gasteiger partial charge in [-0.2, -0.15) is 0 Å². The van der Waals surface area contributed by atoms with E-state index in [9.17, 15) is 0 Å². The van der Waals surface area contributed by atoms with E-state index in [-0.39, 0.29) is 24.0 Å². The van der Waals surface area contributed by atoms with Crippen molar-refractivity contribution in [3.8, 4) is 11.5 Å². The largest absolute Gasteiger partial charge is 0.493 e. The number of benzene rings is 1. The number of hydrogen-bond donors (Lipinski definition) is 2. The molecule has 0 spiro atoms. The summed E-state index contributed by atoms with van der Waals surface area (Å²) < 4.78 is 10.9. The highest BCUT2D eigenvalue weighted by molar-refractivity contribution is 14.0. The maximum atomic E-state index is 5.61. The van der Waals surface area contributed by atoms with Gasteiger partial charge in [0.1, 0.15) is 0 Å². The van der Waals surface area contributed by atoms with Gasteiger partial charge >= 0.3 is 0 Å². The number of nitrogens with one attached hydrogen (secondary N) is 2. The Morgan fingerprint density at radius 3 is 2.62 bits per heavy atom. The number of anilines is 1. The Morgan fingerprint density at radius 2 is 2.04 bits per heavy atom. The number of methoxy groups -OCH3 is 1. The van der Waals surface area contributed by atoms with Crippen molar-refractivity contribution >= 4 is 47.0 Å². The molecule has 1 heterocycles. The second-order valence-electron chi connectivity index (χ2n) is 5.41. The fourth-order valence-electron chi connectivity index (χ4n) is 2.44. The zero-order chi connectivity index (χ0) is 18.2. The van der Waals surface area contributed by atoms with Gasteiger partial charge in [0.05, 0.1) is 24.4 Å². The average molecular weight is 490 g/mol. The Balaban J connectivity index is 0.00000338. The molecule has 0 radical (unpaired) electrons. The molecule has 0 bridgehead atoms. The van der Waals surface area contributed by atoms with Crippen LogP contribution in [0.2, 0.25) is 0 Å². The SMILES string of the molecule is CCOc1cc(NC(=NC)NCCc2sc(C)nc2C)ccc1OC.I. The van der Waals surface area contributed by atoms with E-state index in [1.807, 2.05) is 32.0 Å². The smallest absolute Gasteiger partial charge is 0.195 e. The molecule has 2 aromatic rings. The van der Waals surface area contributed by atoms with Gasteiger partial charge in [-0.3, -0.25) is 4.99 Å². The van der Waals surface area contributed by atoms with Gasteiger partial charge in [0, 0.05) is 36.6 Å². The number of guanidine groups is 1. The van der Waals surface area contributed by atoms with Gasteiger partial charge in [-0.15, -0.1) is 35.3 Å². The van der Waals surface area contributed by atoms with Crippen LogP contribution in [0.4, 0.5) is 5.69 Å². The van der Waals surface area contributed by atoms with Gasteiger partial charge in [-0.05, 0) is 32.9 Å². The lowest BCUT2D eigenvalue weighted by Gasteiger charge is -2.14. The van der Waals surface area contributed by atoms with Crippen LogP contribution >= 0.6 is 35.3 Å². The van der Waals surface area contributed by atoms with Crippen LogP contribution < -0.4 is 20.1 Å². The summed E-state index contributed by atoms with van der Waals surface area (Å²) in [6, 6.07) is 5.72. The van der Waals surface area contributed by atoms with Gasteiger partial charge in [0.15, 0.2) is 17.5 Å². The number of ether oxygens (including phenoxy) is 2. The van der Waals surface area contributed by atoms with E-state index in [2.05, 4.69) is 27.5 Å². The lowest BCUT2D eigenvalue weighted by Crippen LogP contribution is -2.32. The summed E-state index contributed by atoms with van der Waals surface area (Å²) in [7, 11) is 3.39. The van der Waals surface area contributed by atoms with Crippen LogP contribution in [0, 0.1) is 13.8 Å². The zero-order valence-electron chi connectivity index (χ0n) is 15.9. The molecule has 8 heteroatoms. The molecule has 0 saturated heterocycles. The van der Waals surface area contributed by atoms with Crippen molar-refractivity contribution in [1.29, 1.82) is 0 Å². The minimum absolute atomic E-state index is 0. The first-order valence-corrected chi connectivity index (χ1v) is 9.10. The Kier molecular flexibility index (Phi) is 9.71. The Hall–Kier alpha value is -1.55. The van der Waals surface area contributed by atoms with E-state index in [4.69, 9.17) is 9.47 Å². The summed E-state index contributed by atoms with van der Waals surface area (Å²) in [5, 5.41) is 7.71. The van der Waals surface area contributed by atoms with Gasteiger partial charge in [0.25, 0.3) is 0 Å². The third kappa shape index (κ3) is 6.31. The van der Waals surface area contributed by atoms with Crippen molar-refractivity contribution in [3.63, 3.8) is 0 Å². The zero-order valence-corrected chi connectivity index (χ0v) is 19.0. The normalized spacial score (nSPS) is 10.9. The first-order chi connectivity index (χ1) is 12.1. The predicted octanol–water partition coefficient (Wildman–Crippen LogP) is 4.02. The van der Waals surface area contributed by atoms with Crippen LogP contribution in [0.1, 0.15) is 22.5 Å². The summed E-state index contributed by atoms with van der Waals surface area (Å²) in [5.74, 6) is 2.14. The fourth-order valence-corrected chi connectivity index (χ4v) is 3.38. The summed E-state index contributed by atoms with van der Waals surface area (Å²) in [6.45, 7) is 7.41. The second kappa shape index (κ2) is 11.2. The van der Waals surface area contributed by atoms with E-state index in [1.165, 1.54) is 4.88 Å². The molecule has 0 atom stereocenters. The number of thiazole rings is 1. The third-order valence-electron chi connectivity index (χ3n) is 3.59. The average Bonchev–Trinajstić information content (AvgIpc) is 2.92. The first kappa shape index (κ1) is 22.5. The number of nitrogens with zero attached hydrogens (tertiary/aromatic N) is 2. The molecule has 0 saturated carbocycles. The van der Waals surface area contributed by atoms with Crippen LogP contribution in [0.25, 0.3) is 0 Å². The lowest BCUT2D eigenvalue weighted by molar-refractivity contribution is 0.311. The molecular weight excluding hydrogens is 463 g/mol. The molecule has 0 fully saturated rings. The molecule has 2 N–H and O–H groups in total. The van der Waals surface area contributed by atoms with Crippen molar-refractivity contribution in [2.45, 2.75) is 27.2 Å². The molecule has 6 nitrogen and oxygen atoms in total. The molecule has 0 aliphatic rings. The third-order valence-corrected chi connectivity index (χ3v) is 4.73. The van der Waals surface area contributed by atoms with E-state index in [0.29, 0.717) is 24.1 Å². The van der Waals surface area contributed by atoms with Crippen LogP contribution in [0.3, 0.4) is 0 Å². The molecule has 0 aliphatic carbocycles. The van der Waals surface area contributed by atoms with Crippen molar-refractivity contribution in [2.24, 2.45) is 4.99 Å². The van der Waals surface area contributed by atoms with E-state index >= 15 is 0 Å². The van der Waals surface area contributed by atoms with E-state index in [0.717, 1.165) is 29.4 Å². The molecule has 1 aromatic heterocycles. The lowest BCUT2D eigenvalue weighted by atomic mass is 10.2. The van der Waals surface area contributed by atoms with Crippen LogP contribution in [-0.2, 0) is 6.42 Å². The molecule has 0 amide bonds. The van der Waals surface area contributed by atoms with Crippen molar-refractivity contribution in [2.75, 3.05) is 32.6 Å². The van der Waals surface area contributed by atoms with Crippen LogP contribution in [-0.4, -0.2) is 38.3 Å². The van der Waals surface area contributed by atoms with Crippen molar-refractivity contribution < 1.29 is 9.47 Å². The molecule has 0 unspecified atom stereocenters.